The summed E-state index contributed by atoms with van der Waals surface area (Å²) in [5.74, 6) is -7.49. The Labute approximate surface area is 187 Å². The molecular weight excluding hydrogens is 444 g/mol. The van der Waals surface area contributed by atoms with E-state index in [1.54, 1.807) is 13.8 Å². The maximum Gasteiger partial charge on any atom is 0.305 e. The van der Waals surface area contributed by atoms with Gasteiger partial charge < -0.3 is 30.5 Å². The van der Waals surface area contributed by atoms with E-state index in [4.69, 9.17) is 5.11 Å². The normalized spacial score (nSPS) is 18.8. The largest absolute Gasteiger partial charge is 0.507 e. The lowest BCUT2D eigenvalue weighted by molar-refractivity contribution is -0.142. The number of carboxylic acids is 1. The molecule has 1 saturated heterocycles. The topological polar surface area (TPSA) is 153 Å². The maximum atomic E-state index is 14.1. The molecule has 33 heavy (non-hydrogen) atoms. The molecule has 0 saturated carbocycles. The number of carbonyl (C=O) groups is 5. The lowest BCUT2D eigenvalue weighted by Gasteiger charge is -2.27. The van der Waals surface area contributed by atoms with Gasteiger partial charge in [0.25, 0.3) is 11.8 Å². The molecule has 3 atom stereocenters. The highest BCUT2D eigenvalue weighted by atomic mass is 19.3. The number of halogens is 2. The van der Waals surface area contributed by atoms with E-state index in [0.717, 1.165) is 0 Å². The molecule has 0 aromatic heterocycles. The van der Waals surface area contributed by atoms with Gasteiger partial charge in [-0.05, 0) is 44.0 Å². The molecule has 10 nitrogen and oxygen atoms in total. The average Bonchev–Trinajstić information content (AvgIpc) is 3.05. The van der Waals surface area contributed by atoms with Gasteiger partial charge in [0.05, 0.1) is 19.0 Å². The highest BCUT2D eigenvalue weighted by molar-refractivity contribution is 5.99. The molecule has 1 aromatic carbocycles. The number of nitrogens with zero attached hydrogens (tertiary/aromatic N) is 1. The predicted molar refractivity (Wildman–Crippen MR) is 110 cm³/mol. The van der Waals surface area contributed by atoms with Crippen molar-refractivity contribution in [2.75, 3.05) is 6.54 Å². The van der Waals surface area contributed by atoms with Crippen LogP contribution >= 0.6 is 0 Å². The number of aryl methyl sites for hydroxylation is 2. The van der Waals surface area contributed by atoms with Crippen LogP contribution in [0.15, 0.2) is 12.1 Å². The molecule has 1 aromatic rings. The van der Waals surface area contributed by atoms with Crippen molar-refractivity contribution in [3.05, 3.63) is 28.8 Å². The molecule has 1 heterocycles. The number of phenols is 1. The number of aliphatic carboxylic acids is 1. The van der Waals surface area contributed by atoms with Crippen molar-refractivity contribution in [2.45, 2.75) is 57.7 Å². The van der Waals surface area contributed by atoms with Gasteiger partial charge in [-0.1, -0.05) is 0 Å². The number of aromatic hydroxyl groups is 1. The minimum atomic E-state index is -3.39. The molecule has 1 aliphatic rings. The van der Waals surface area contributed by atoms with Crippen LogP contribution in [0.3, 0.4) is 0 Å². The van der Waals surface area contributed by atoms with E-state index < -0.39 is 67.1 Å². The highest BCUT2D eigenvalue weighted by Gasteiger charge is 2.51. The zero-order chi connectivity index (χ0) is 25.1. The summed E-state index contributed by atoms with van der Waals surface area (Å²) < 4.78 is 28.1. The van der Waals surface area contributed by atoms with Crippen LogP contribution in [0.25, 0.3) is 0 Å². The van der Waals surface area contributed by atoms with E-state index in [-0.39, 0.29) is 17.6 Å². The van der Waals surface area contributed by atoms with E-state index in [9.17, 15) is 37.9 Å². The molecule has 0 bridgehead atoms. The summed E-state index contributed by atoms with van der Waals surface area (Å²) in [6.45, 7) is 3.36. The number of rotatable bonds is 8. The summed E-state index contributed by atoms with van der Waals surface area (Å²) in [5, 5.41) is 23.0. The summed E-state index contributed by atoms with van der Waals surface area (Å²) >= 11 is 0. The van der Waals surface area contributed by atoms with E-state index >= 15 is 0 Å². The third-order valence-electron chi connectivity index (χ3n) is 5.21. The Balaban J connectivity index is 2.15. The summed E-state index contributed by atoms with van der Waals surface area (Å²) in [7, 11) is 0. The SMILES string of the molecule is Cc1cc(C(=O)N[C@@H](C)C(=O)N2CC(F)(F)C[C@H]2C(=O)N[C@H](C=O)CC(=O)O)cc(C)c1O. The van der Waals surface area contributed by atoms with E-state index in [0.29, 0.717) is 16.0 Å². The van der Waals surface area contributed by atoms with Crippen LogP contribution in [-0.2, 0) is 19.2 Å². The molecule has 1 aliphatic heterocycles. The van der Waals surface area contributed by atoms with Crippen molar-refractivity contribution in [2.24, 2.45) is 0 Å². The molecular formula is C21H25F2N3O7. The molecule has 4 N–H and O–H groups in total. The maximum absolute atomic E-state index is 14.1. The minimum Gasteiger partial charge on any atom is -0.507 e. The van der Waals surface area contributed by atoms with Crippen LogP contribution < -0.4 is 10.6 Å². The fraction of sp³-hybridized carbons (Fsp3) is 0.476. The van der Waals surface area contributed by atoms with Crippen molar-refractivity contribution < 1.29 is 43.0 Å². The highest BCUT2D eigenvalue weighted by Crippen LogP contribution is 2.32. The van der Waals surface area contributed by atoms with Gasteiger partial charge in [0.15, 0.2) is 0 Å². The van der Waals surface area contributed by atoms with Gasteiger partial charge in [-0.15, -0.1) is 0 Å². The van der Waals surface area contributed by atoms with Crippen LogP contribution in [-0.4, -0.2) is 75.7 Å². The van der Waals surface area contributed by atoms with Gasteiger partial charge in [0.1, 0.15) is 24.1 Å². The monoisotopic (exact) mass is 469 g/mol. The Hall–Kier alpha value is -3.57. The Morgan fingerprint density at radius 1 is 1.21 bits per heavy atom. The zero-order valence-electron chi connectivity index (χ0n) is 18.2. The van der Waals surface area contributed by atoms with Crippen molar-refractivity contribution in [3.63, 3.8) is 0 Å². The van der Waals surface area contributed by atoms with Gasteiger partial charge in [0, 0.05) is 12.0 Å². The minimum absolute atomic E-state index is 0.0142. The second-order valence-corrected chi connectivity index (χ2v) is 8.04. The molecule has 1 fully saturated rings. The molecule has 12 heteroatoms. The molecule has 0 radical (unpaired) electrons. The number of likely N-dealkylation sites (tertiary alicyclic amines) is 1. The van der Waals surface area contributed by atoms with Gasteiger partial charge in [-0.25, -0.2) is 8.78 Å². The number of carbonyl (C=O) groups excluding carboxylic acids is 4. The third-order valence-corrected chi connectivity index (χ3v) is 5.21. The van der Waals surface area contributed by atoms with Gasteiger partial charge in [-0.3, -0.25) is 19.2 Å². The molecule has 0 unspecified atom stereocenters. The molecule has 0 spiro atoms. The summed E-state index contributed by atoms with van der Waals surface area (Å²) in [6.07, 6.45) is -1.60. The number of carboxylic acid groups (broad SMARTS) is 1. The van der Waals surface area contributed by atoms with Crippen LogP contribution in [0, 0.1) is 13.8 Å². The van der Waals surface area contributed by atoms with Gasteiger partial charge in [0.2, 0.25) is 11.8 Å². The Bertz CT molecular complexity index is 960. The predicted octanol–water partition coefficient (Wildman–Crippen LogP) is 0.522. The standard InChI is InChI=1S/C21H25F2N3O7/c1-10-4-13(5-11(2)17(10)30)18(31)24-12(3)20(33)26-9-21(22,23)7-15(26)19(32)25-14(8-27)6-16(28)29/h4-5,8,12,14-15,30H,6-7,9H2,1-3H3,(H,24,31)(H,25,32)(H,28,29)/t12-,14-,15-/m0/s1. The first-order valence-corrected chi connectivity index (χ1v) is 10.0. The number of hydrogen-bond donors (Lipinski definition) is 4. The lowest BCUT2D eigenvalue weighted by Crippen LogP contribution is -2.54. The number of benzene rings is 1. The van der Waals surface area contributed by atoms with Crippen molar-refractivity contribution in [1.29, 1.82) is 0 Å². The zero-order valence-corrected chi connectivity index (χ0v) is 18.2. The Morgan fingerprint density at radius 3 is 2.30 bits per heavy atom. The average molecular weight is 469 g/mol. The first kappa shape index (κ1) is 25.7. The summed E-state index contributed by atoms with van der Waals surface area (Å²) in [4.78, 5) is 60.2. The van der Waals surface area contributed by atoms with Crippen LogP contribution in [0.5, 0.6) is 5.75 Å². The fourth-order valence-corrected chi connectivity index (χ4v) is 3.56. The number of aldehydes is 1. The van der Waals surface area contributed by atoms with Crippen LogP contribution in [0.1, 0.15) is 41.3 Å². The lowest BCUT2D eigenvalue weighted by atomic mass is 10.0. The van der Waals surface area contributed by atoms with E-state index in [2.05, 4.69) is 10.6 Å². The first-order valence-electron chi connectivity index (χ1n) is 10.0. The van der Waals surface area contributed by atoms with Gasteiger partial charge in [-0.2, -0.15) is 0 Å². The van der Waals surface area contributed by atoms with E-state index in [1.807, 2.05) is 0 Å². The second kappa shape index (κ2) is 9.92. The first-order chi connectivity index (χ1) is 15.3. The molecule has 0 aliphatic carbocycles. The van der Waals surface area contributed by atoms with Crippen molar-refractivity contribution in [1.82, 2.24) is 15.5 Å². The van der Waals surface area contributed by atoms with E-state index in [1.165, 1.54) is 19.1 Å². The van der Waals surface area contributed by atoms with Crippen LogP contribution in [0.4, 0.5) is 8.78 Å². The smallest absolute Gasteiger partial charge is 0.305 e. The van der Waals surface area contributed by atoms with Crippen molar-refractivity contribution in [3.8, 4) is 5.75 Å². The summed E-state index contributed by atoms with van der Waals surface area (Å²) in [5.41, 5.74) is 1.01. The third kappa shape index (κ3) is 6.24. The quantitative estimate of drug-likeness (QED) is 0.405. The van der Waals surface area contributed by atoms with Crippen molar-refractivity contribution >= 4 is 30.0 Å². The second-order valence-electron chi connectivity index (χ2n) is 8.04. The fourth-order valence-electron chi connectivity index (χ4n) is 3.56. The van der Waals surface area contributed by atoms with Crippen LogP contribution in [0.2, 0.25) is 0 Å². The number of amides is 3. The Morgan fingerprint density at radius 2 is 1.79 bits per heavy atom. The number of alkyl halides is 2. The molecule has 180 valence electrons. The molecule has 3 amide bonds. The number of nitrogens with one attached hydrogen (secondary N) is 2. The number of hydrogen-bond acceptors (Lipinski definition) is 6. The number of phenolic OH excluding ortho intramolecular Hbond substituents is 1. The summed E-state index contributed by atoms with van der Waals surface area (Å²) in [6, 6.07) is -1.58. The molecule has 2 rings (SSSR count). The Kier molecular flexibility index (Phi) is 7.72. The van der Waals surface area contributed by atoms with Gasteiger partial charge >= 0.3 is 5.97 Å².